The zero-order valence-corrected chi connectivity index (χ0v) is 20.9. The van der Waals surface area contributed by atoms with Crippen LogP contribution >= 0.6 is 0 Å². The number of aromatic amines is 1. The largest absolute Gasteiger partial charge is 0.380 e. The lowest BCUT2D eigenvalue weighted by molar-refractivity contribution is 0.0996. The van der Waals surface area contributed by atoms with Crippen molar-refractivity contribution in [2.75, 3.05) is 19.8 Å². The van der Waals surface area contributed by atoms with Crippen molar-refractivity contribution in [2.24, 2.45) is 5.73 Å². The molecule has 39 heavy (non-hydrogen) atoms. The molecule has 6 aromatic rings. The van der Waals surface area contributed by atoms with Crippen molar-refractivity contribution >= 4 is 33.6 Å². The maximum Gasteiger partial charge on any atom is 0.269 e. The van der Waals surface area contributed by atoms with E-state index in [1.165, 1.54) is 28.9 Å². The molecule has 5 N–H and O–H groups in total. The molecule has 0 saturated carbocycles. The quantitative estimate of drug-likeness (QED) is 0.293. The fraction of sp³-hybridized carbons (Fsp3) is 0.111. The number of hydrogen-bond acceptors (Lipinski definition) is 7. The van der Waals surface area contributed by atoms with Gasteiger partial charge in [0.15, 0.2) is 22.9 Å². The summed E-state index contributed by atoms with van der Waals surface area (Å²) in [6.45, 7) is 0.586. The molecule has 6 rings (SSSR count). The Kier molecular flexibility index (Phi) is 5.61. The minimum Gasteiger partial charge on any atom is -0.380 e. The van der Waals surface area contributed by atoms with E-state index in [1.54, 1.807) is 30.5 Å². The van der Waals surface area contributed by atoms with E-state index >= 15 is 8.78 Å². The number of fused-ring (bicyclic) bond motifs is 2. The van der Waals surface area contributed by atoms with Crippen molar-refractivity contribution in [1.29, 1.82) is 0 Å². The summed E-state index contributed by atoms with van der Waals surface area (Å²) in [6.07, 6.45) is 1.63. The number of nitrogen functional groups attached to an aromatic ring is 1. The van der Waals surface area contributed by atoms with Crippen LogP contribution in [0.15, 0.2) is 59.3 Å². The summed E-state index contributed by atoms with van der Waals surface area (Å²) in [5.41, 5.74) is 14.3. The molecule has 0 aliphatic rings. The molecule has 3 aromatic carbocycles. The van der Waals surface area contributed by atoms with E-state index in [4.69, 9.17) is 16.0 Å². The second kappa shape index (κ2) is 9.03. The summed E-state index contributed by atoms with van der Waals surface area (Å²) < 4.78 is 38.1. The Labute approximate surface area is 219 Å². The summed E-state index contributed by atoms with van der Waals surface area (Å²) in [5.74, 6) is -2.08. The molecule has 3 aromatic heterocycles. The number of hydrogen-bond donors (Lipinski definition) is 3. The molecule has 1 amide bonds. The molecule has 3 heterocycles. The number of anilines is 1. The molecule has 0 aliphatic carbocycles. The van der Waals surface area contributed by atoms with Crippen LogP contribution in [0.2, 0.25) is 0 Å². The zero-order chi connectivity index (χ0) is 27.4. The number of aromatic nitrogens is 5. The maximum atomic E-state index is 16.2. The van der Waals surface area contributed by atoms with Crippen molar-refractivity contribution in [3.05, 3.63) is 77.8 Å². The number of carbonyl (C=O) groups excluding carboxylic acids is 1. The van der Waals surface area contributed by atoms with Gasteiger partial charge >= 0.3 is 0 Å². The molecule has 0 saturated heterocycles. The first-order chi connectivity index (χ1) is 18.7. The fourth-order valence-corrected chi connectivity index (χ4v) is 4.72. The SMILES string of the molecule is CN(C)Cc1[nH]ncc1-c1ccc(-c2ccc3c(C(N)=O)nn(-c4ccc5onc(N)c5c4)c3c2F)c(F)c1. The lowest BCUT2D eigenvalue weighted by atomic mass is 9.98. The molecule has 0 bridgehead atoms. The summed E-state index contributed by atoms with van der Waals surface area (Å²) in [4.78, 5) is 14.1. The summed E-state index contributed by atoms with van der Waals surface area (Å²) >= 11 is 0. The van der Waals surface area contributed by atoms with Gasteiger partial charge in [-0.15, -0.1) is 0 Å². The Hall–Kier alpha value is -5.10. The van der Waals surface area contributed by atoms with Gasteiger partial charge in [-0.05, 0) is 50.0 Å². The highest BCUT2D eigenvalue weighted by Gasteiger charge is 2.24. The topological polar surface area (TPSA) is 145 Å². The molecule has 10 nitrogen and oxygen atoms in total. The van der Waals surface area contributed by atoms with Crippen LogP contribution < -0.4 is 11.5 Å². The molecule has 0 atom stereocenters. The van der Waals surface area contributed by atoms with Crippen LogP contribution in [0.5, 0.6) is 0 Å². The monoisotopic (exact) mass is 528 g/mol. The number of carbonyl (C=O) groups is 1. The average Bonchev–Trinajstić information content (AvgIpc) is 3.62. The van der Waals surface area contributed by atoms with Gasteiger partial charge in [0.05, 0.1) is 23.0 Å². The van der Waals surface area contributed by atoms with Crippen molar-refractivity contribution in [2.45, 2.75) is 6.54 Å². The number of H-pyrrole nitrogens is 1. The van der Waals surface area contributed by atoms with Gasteiger partial charge in [0.25, 0.3) is 5.91 Å². The number of halogens is 2. The Morgan fingerprint density at radius 2 is 1.85 bits per heavy atom. The van der Waals surface area contributed by atoms with E-state index in [9.17, 15) is 4.79 Å². The third kappa shape index (κ3) is 3.97. The lowest BCUT2D eigenvalue weighted by Crippen LogP contribution is -2.12. The second-order valence-electron chi connectivity index (χ2n) is 9.39. The number of primary amides is 1. The summed E-state index contributed by atoms with van der Waals surface area (Å²) in [5, 5.41) is 15.7. The van der Waals surface area contributed by atoms with Crippen molar-refractivity contribution < 1.29 is 18.1 Å². The predicted molar refractivity (Wildman–Crippen MR) is 142 cm³/mol. The van der Waals surface area contributed by atoms with Gasteiger partial charge in [0.2, 0.25) is 0 Å². The summed E-state index contributed by atoms with van der Waals surface area (Å²) in [6, 6.07) is 12.3. The second-order valence-corrected chi connectivity index (χ2v) is 9.39. The minimum absolute atomic E-state index is 0.00463. The Morgan fingerprint density at radius 1 is 1.05 bits per heavy atom. The van der Waals surface area contributed by atoms with Crippen LogP contribution in [0.4, 0.5) is 14.6 Å². The normalized spacial score (nSPS) is 11.7. The van der Waals surface area contributed by atoms with Gasteiger partial charge in [-0.2, -0.15) is 10.2 Å². The molecule has 0 radical (unpaired) electrons. The van der Waals surface area contributed by atoms with E-state index in [-0.39, 0.29) is 33.5 Å². The standard InChI is InChI=1S/C27H22F2N8O2/c1-36(2)12-21-19(11-32-33-21)13-3-5-15(20(28)9-13)16-6-7-17-24(27(31)38)34-37(25(17)23(16)29)14-4-8-22-18(10-14)26(30)35-39-22/h3-11H,12H2,1-2H3,(H2,30,35)(H2,31,38)(H,32,33). The van der Waals surface area contributed by atoms with Crippen LogP contribution in [-0.2, 0) is 6.54 Å². The van der Waals surface area contributed by atoms with Gasteiger partial charge in [0.1, 0.15) is 11.3 Å². The first kappa shape index (κ1) is 24.2. The van der Waals surface area contributed by atoms with E-state index in [1.807, 2.05) is 19.0 Å². The van der Waals surface area contributed by atoms with Crippen molar-refractivity contribution in [3.8, 4) is 27.9 Å². The van der Waals surface area contributed by atoms with Gasteiger partial charge in [0, 0.05) is 28.6 Å². The van der Waals surface area contributed by atoms with Crippen molar-refractivity contribution in [3.63, 3.8) is 0 Å². The fourth-order valence-electron chi connectivity index (χ4n) is 4.72. The number of nitrogens with zero attached hydrogens (tertiary/aromatic N) is 5. The zero-order valence-electron chi connectivity index (χ0n) is 20.9. The van der Waals surface area contributed by atoms with Gasteiger partial charge in [-0.3, -0.25) is 9.89 Å². The highest BCUT2D eigenvalue weighted by molar-refractivity contribution is 6.05. The molecule has 0 unspecified atom stereocenters. The molecule has 0 spiro atoms. The number of rotatable bonds is 6. The number of benzene rings is 3. The number of nitrogens with two attached hydrogens (primary N) is 2. The van der Waals surface area contributed by atoms with Crippen LogP contribution in [0.3, 0.4) is 0 Å². The average molecular weight is 529 g/mol. The Bertz CT molecular complexity index is 1900. The highest BCUT2D eigenvalue weighted by atomic mass is 19.1. The highest BCUT2D eigenvalue weighted by Crippen LogP contribution is 2.36. The van der Waals surface area contributed by atoms with E-state index in [0.717, 1.165) is 11.3 Å². The third-order valence-electron chi connectivity index (χ3n) is 6.51. The lowest BCUT2D eigenvalue weighted by Gasteiger charge is -2.12. The third-order valence-corrected chi connectivity index (χ3v) is 6.51. The molecular weight excluding hydrogens is 506 g/mol. The first-order valence-corrected chi connectivity index (χ1v) is 11.9. The minimum atomic E-state index is -0.833. The van der Waals surface area contributed by atoms with Gasteiger partial charge in [-0.25, -0.2) is 13.5 Å². The van der Waals surface area contributed by atoms with Crippen LogP contribution in [-0.4, -0.2) is 50.0 Å². The van der Waals surface area contributed by atoms with Crippen molar-refractivity contribution in [1.82, 2.24) is 30.0 Å². The van der Waals surface area contributed by atoms with Crippen LogP contribution in [0.25, 0.3) is 49.8 Å². The van der Waals surface area contributed by atoms with E-state index in [0.29, 0.717) is 28.8 Å². The van der Waals surface area contributed by atoms with Crippen LogP contribution in [0.1, 0.15) is 16.2 Å². The van der Waals surface area contributed by atoms with Crippen LogP contribution in [0, 0.1) is 11.6 Å². The summed E-state index contributed by atoms with van der Waals surface area (Å²) in [7, 11) is 3.83. The Balaban J connectivity index is 1.51. The Morgan fingerprint density at radius 3 is 2.59 bits per heavy atom. The van der Waals surface area contributed by atoms with Gasteiger partial charge in [-0.1, -0.05) is 23.4 Å². The van der Waals surface area contributed by atoms with E-state index in [2.05, 4.69) is 20.5 Å². The molecule has 0 aliphatic heterocycles. The predicted octanol–water partition coefficient (Wildman–Crippen LogP) is 4.24. The molecule has 0 fully saturated rings. The number of nitrogens with one attached hydrogen (secondary N) is 1. The first-order valence-electron chi connectivity index (χ1n) is 11.9. The maximum absolute atomic E-state index is 16.2. The molecular formula is C27H22F2N8O2. The van der Waals surface area contributed by atoms with Gasteiger partial charge < -0.3 is 20.9 Å². The smallest absolute Gasteiger partial charge is 0.269 e. The molecule has 196 valence electrons. The number of amides is 1. The van der Waals surface area contributed by atoms with E-state index < -0.39 is 17.5 Å². The molecule has 12 heteroatoms.